The Hall–Kier alpha value is -2.70. The molecule has 1 aromatic carbocycles. The van der Waals surface area contributed by atoms with Gasteiger partial charge in [0.1, 0.15) is 12.4 Å². The van der Waals surface area contributed by atoms with Crippen LogP contribution in [0.4, 0.5) is 19.0 Å². The molecular weight excluding hydrogens is 447 g/mol. The summed E-state index contributed by atoms with van der Waals surface area (Å²) in [5.74, 6) is -0.216. The zero-order valence-electron chi connectivity index (χ0n) is 17.4. The molecule has 2 heterocycles. The number of halogens is 3. The Kier molecular flexibility index (Phi) is 7.36. The molecule has 0 radical (unpaired) electrons. The summed E-state index contributed by atoms with van der Waals surface area (Å²) in [6.45, 7) is 1.88. The van der Waals surface area contributed by atoms with Gasteiger partial charge in [0.05, 0.1) is 4.90 Å². The van der Waals surface area contributed by atoms with Crippen LogP contribution in [0.2, 0.25) is 0 Å². The number of amides is 1. The van der Waals surface area contributed by atoms with Gasteiger partial charge < -0.3 is 15.1 Å². The van der Waals surface area contributed by atoms with Crippen molar-refractivity contribution in [1.29, 1.82) is 0 Å². The molecule has 2 N–H and O–H groups in total. The Morgan fingerprint density at radius 2 is 1.75 bits per heavy atom. The second-order valence-electron chi connectivity index (χ2n) is 7.42. The van der Waals surface area contributed by atoms with E-state index < -0.39 is 28.7 Å². The lowest BCUT2D eigenvalue weighted by Gasteiger charge is -2.34. The van der Waals surface area contributed by atoms with Crippen LogP contribution >= 0.6 is 0 Å². The number of pyridine rings is 1. The standard InChI is InChI=1S/C20H24F3N5O3S/c1-27-9-11-28(12-10-27)18-16(3-2-8-24-18)13-26-32(30,31)17-6-4-15(5-7-17)19(29)25-14-20(21,22)23/h2-8,26H,9-14H2,1H3,(H,25,29). The molecule has 0 unspecified atom stereocenters. The van der Waals surface area contributed by atoms with Crippen molar-refractivity contribution in [2.75, 3.05) is 44.7 Å². The highest BCUT2D eigenvalue weighted by Gasteiger charge is 2.28. The topological polar surface area (TPSA) is 94.6 Å². The van der Waals surface area contributed by atoms with E-state index in [1.165, 1.54) is 24.3 Å². The third-order valence-corrected chi connectivity index (χ3v) is 6.42. The van der Waals surface area contributed by atoms with Crippen molar-refractivity contribution in [2.45, 2.75) is 17.6 Å². The SMILES string of the molecule is CN1CCN(c2ncccc2CNS(=O)(=O)c2ccc(C(=O)NCC(F)(F)F)cc2)CC1. The molecule has 0 saturated carbocycles. The van der Waals surface area contributed by atoms with Crippen LogP contribution < -0.4 is 14.9 Å². The molecule has 1 saturated heterocycles. The highest BCUT2D eigenvalue weighted by atomic mass is 32.2. The van der Waals surface area contributed by atoms with Crippen LogP contribution in [0.3, 0.4) is 0 Å². The van der Waals surface area contributed by atoms with Crippen LogP contribution in [0, 0.1) is 0 Å². The van der Waals surface area contributed by atoms with Gasteiger partial charge in [-0.05, 0) is 37.4 Å². The van der Waals surface area contributed by atoms with Crippen LogP contribution in [0.25, 0.3) is 0 Å². The normalized spacial score (nSPS) is 15.6. The summed E-state index contributed by atoms with van der Waals surface area (Å²) < 4.78 is 64.6. The molecule has 32 heavy (non-hydrogen) atoms. The molecule has 174 valence electrons. The van der Waals surface area contributed by atoms with E-state index in [0.29, 0.717) is 0 Å². The van der Waals surface area contributed by atoms with Crippen molar-refractivity contribution in [2.24, 2.45) is 0 Å². The number of carbonyl (C=O) groups excluding carboxylic acids is 1. The lowest BCUT2D eigenvalue weighted by molar-refractivity contribution is -0.123. The maximum absolute atomic E-state index is 12.7. The van der Waals surface area contributed by atoms with E-state index in [1.54, 1.807) is 23.6 Å². The Labute approximate surface area is 184 Å². The van der Waals surface area contributed by atoms with E-state index >= 15 is 0 Å². The van der Waals surface area contributed by atoms with Crippen LogP contribution in [-0.4, -0.2) is 70.2 Å². The van der Waals surface area contributed by atoms with Crippen LogP contribution in [0.15, 0.2) is 47.5 Å². The van der Waals surface area contributed by atoms with Crippen LogP contribution in [0.1, 0.15) is 15.9 Å². The van der Waals surface area contributed by atoms with E-state index in [4.69, 9.17) is 0 Å². The minimum absolute atomic E-state index is 0.0195. The number of piperazine rings is 1. The Balaban J connectivity index is 1.65. The van der Waals surface area contributed by atoms with E-state index in [-0.39, 0.29) is 17.0 Å². The van der Waals surface area contributed by atoms with Crippen molar-refractivity contribution >= 4 is 21.7 Å². The maximum Gasteiger partial charge on any atom is 0.405 e. The molecule has 1 fully saturated rings. The molecule has 1 aromatic heterocycles. The molecule has 0 spiro atoms. The van der Waals surface area contributed by atoms with E-state index in [0.717, 1.165) is 37.6 Å². The fraction of sp³-hybridized carbons (Fsp3) is 0.400. The van der Waals surface area contributed by atoms with Crippen LogP contribution in [0.5, 0.6) is 0 Å². The fourth-order valence-electron chi connectivity index (χ4n) is 3.20. The number of benzene rings is 1. The van der Waals surface area contributed by atoms with Gasteiger partial charge in [-0.25, -0.2) is 18.1 Å². The molecule has 2 aromatic rings. The number of rotatable bonds is 7. The predicted molar refractivity (Wildman–Crippen MR) is 113 cm³/mol. The summed E-state index contributed by atoms with van der Waals surface area (Å²) in [7, 11) is -1.87. The smallest absolute Gasteiger partial charge is 0.354 e. The first kappa shape index (κ1) is 24.0. The first-order chi connectivity index (χ1) is 15.0. The number of carbonyl (C=O) groups is 1. The number of hydrogen-bond donors (Lipinski definition) is 2. The van der Waals surface area contributed by atoms with Gasteiger partial charge in [-0.2, -0.15) is 13.2 Å². The number of alkyl halides is 3. The zero-order chi connectivity index (χ0) is 23.4. The van der Waals surface area contributed by atoms with Gasteiger partial charge in [-0.3, -0.25) is 4.79 Å². The molecule has 0 bridgehead atoms. The Morgan fingerprint density at radius 3 is 2.38 bits per heavy atom. The summed E-state index contributed by atoms with van der Waals surface area (Å²) in [6, 6.07) is 8.22. The number of aromatic nitrogens is 1. The second kappa shape index (κ2) is 9.84. The molecular formula is C20H24F3N5O3S. The lowest BCUT2D eigenvalue weighted by atomic mass is 10.2. The van der Waals surface area contributed by atoms with E-state index in [9.17, 15) is 26.4 Å². The third kappa shape index (κ3) is 6.40. The second-order valence-corrected chi connectivity index (χ2v) is 9.19. The molecule has 1 amide bonds. The third-order valence-electron chi connectivity index (χ3n) is 5.00. The van der Waals surface area contributed by atoms with Crippen molar-refractivity contribution in [3.8, 4) is 0 Å². The highest BCUT2D eigenvalue weighted by molar-refractivity contribution is 7.89. The average Bonchev–Trinajstić information content (AvgIpc) is 2.76. The van der Waals surface area contributed by atoms with E-state index in [2.05, 4.69) is 19.5 Å². The molecule has 3 rings (SSSR count). The first-order valence-electron chi connectivity index (χ1n) is 9.87. The summed E-state index contributed by atoms with van der Waals surface area (Å²) in [4.78, 5) is 20.4. The number of likely N-dealkylation sites (N-methyl/N-ethyl adjacent to an activating group) is 1. The van der Waals surface area contributed by atoms with Gasteiger partial charge in [0.25, 0.3) is 5.91 Å². The van der Waals surface area contributed by atoms with Gasteiger partial charge in [0.2, 0.25) is 10.0 Å². The minimum atomic E-state index is -4.53. The Bertz CT molecular complexity index is 1040. The average molecular weight is 472 g/mol. The molecule has 1 aliphatic heterocycles. The monoisotopic (exact) mass is 471 g/mol. The Morgan fingerprint density at radius 1 is 1.09 bits per heavy atom. The largest absolute Gasteiger partial charge is 0.405 e. The van der Waals surface area contributed by atoms with Gasteiger partial charge in [-0.1, -0.05) is 6.07 Å². The number of nitrogens with zero attached hydrogens (tertiary/aromatic N) is 3. The summed E-state index contributed by atoms with van der Waals surface area (Å²) in [5.41, 5.74) is 0.654. The van der Waals surface area contributed by atoms with Crippen molar-refractivity contribution in [1.82, 2.24) is 19.9 Å². The fourth-order valence-corrected chi connectivity index (χ4v) is 4.20. The first-order valence-corrected chi connectivity index (χ1v) is 11.4. The summed E-state index contributed by atoms with van der Waals surface area (Å²) in [6.07, 6.45) is -2.87. The minimum Gasteiger partial charge on any atom is -0.354 e. The highest BCUT2D eigenvalue weighted by Crippen LogP contribution is 2.20. The molecule has 0 atom stereocenters. The van der Waals surface area contributed by atoms with Gasteiger partial charge >= 0.3 is 6.18 Å². The summed E-state index contributed by atoms with van der Waals surface area (Å²) in [5, 5.41) is 1.74. The van der Waals surface area contributed by atoms with Gasteiger partial charge in [0.15, 0.2) is 0 Å². The van der Waals surface area contributed by atoms with Crippen molar-refractivity contribution in [3.63, 3.8) is 0 Å². The van der Waals surface area contributed by atoms with E-state index in [1.807, 2.05) is 7.05 Å². The number of anilines is 1. The number of nitrogens with one attached hydrogen (secondary N) is 2. The van der Waals surface area contributed by atoms with Gasteiger partial charge in [-0.15, -0.1) is 0 Å². The maximum atomic E-state index is 12.7. The van der Waals surface area contributed by atoms with Crippen molar-refractivity contribution in [3.05, 3.63) is 53.7 Å². The number of hydrogen-bond acceptors (Lipinski definition) is 6. The molecule has 12 heteroatoms. The summed E-state index contributed by atoms with van der Waals surface area (Å²) >= 11 is 0. The van der Waals surface area contributed by atoms with Crippen molar-refractivity contribution < 1.29 is 26.4 Å². The molecule has 0 aliphatic carbocycles. The zero-order valence-corrected chi connectivity index (χ0v) is 18.2. The van der Waals surface area contributed by atoms with Crippen LogP contribution in [-0.2, 0) is 16.6 Å². The molecule has 8 nitrogen and oxygen atoms in total. The predicted octanol–water partition coefficient (Wildman–Crippen LogP) is 1.60. The number of sulfonamides is 1. The lowest BCUT2D eigenvalue weighted by Crippen LogP contribution is -2.45. The quantitative estimate of drug-likeness (QED) is 0.637. The molecule has 1 aliphatic rings. The van der Waals surface area contributed by atoms with Gasteiger partial charge in [0, 0.05) is 50.0 Å².